The van der Waals surface area contributed by atoms with Crippen molar-refractivity contribution in [1.82, 2.24) is 0 Å². The summed E-state index contributed by atoms with van der Waals surface area (Å²) in [5.41, 5.74) is 6.41. The zero-order valence-electron chi connectivity index (χ0n) is 15.8. The fraction of sp³-hybridized carbons (Fsp3) is 0.0370. The van der Waals surface area contributed by atoms with Crippen molar-refractivity contribution >= 4 is 0 Å². The van der Waals surface area contributed by atoms with E-state index < -0.39 is 11.2 Å². The average molecular weight is 384 g/mol. The van der Waals surface area contributed by atoms with E-state index in [9.17, 15) is 10.5 Å². The average Bonchev–Trinajstić information content (AvgIpc) is 3.27. The van der Waals surface area contributed by atoms with Gasteiger partial charge in [0.05, 0.1) is 22.6 Å². The van der Waals surface area contributed by atoms with Crippen molar-refractivity contribution in [2.45, 2.75) is 5.41 Å². The van der Waals surface area contributed by atoms with Crippen LogP contribution in [0.3, 0.4) is 0 Å². The van der Waals surface area contributed by atoms with Gasteiger partial charge in [-0.25, -0.2) is 4.39 Å². The van der Waals surface area contributed by atoms with Crippen molar-refractivity contribution in [3.63, 3.8) is 0 Å². The van der Waals surface area contributed by atoms with E-state index in [1.54, 1.807) is 0 Å². The summed E-state index contributed by atoms with van der Waals surface area (Å²) < 4.78 is 15.6. The molecule has 0 unspecified atom stereocenters. The summed E-state index contributed by atoms with van der Waals surface area (Å²) in [7, 11) is 0. The van der Waals surface area contributed by atoms with Crippen LogP contribution in [0.5, 0.6) is 0 Å². The van der Waals surface area contributed by atoms with E-state index in [1.165, 1.54) is 6.07 Å². The van der Waals surface area contributed by atoms with E-state index >= 15 is 4.39 Å². The van der Waals surface area contributed by atoms with E-state index in [1.807, 2.05) is 54.6 Å². The molecule has 0 atom stereocenters. The Balaban J connectivity index is 1.92. The normalized spacial score (nSPS) is 13.7. The number of hydrogen-bond acceptors (Lipinski definition) is 2. The number of halogens is 1. The molecule has 0 heterocycles. The molecular formula is C27H13FN2. The van der Waals surface area contributed by atoms with Gasteiger partial charge in [0.15, 0.2) is 0 Å². The Morgan fingerprint density at radius 1 is 0.633 bits per heavy atom. The molecule has 4 aromatic carbocycles. The smallest absolute Gasteiger partial charge is 0.149 e. The topological polar surface area (TPSA) is 47.6 Å². The van der Waals surface area contributed by atoms with Crippen LogP contribution in [0.25, 0.3) is 22.3 Å². The molecule has 0 radical (unpaired) electrons. The summed E-state index contributed by atoms with van der Waals surface area (Å²) in [5, 5.41) is 19.5. The molecular weight excluding hydrogens is 371 g/mol. The zero-order valence-corrected chi connectivity index (χ0v) is 15.8. The van der Waals surface area contributed by atoms with Crippen molar-refractivity contribution in [2.75, 3.05) is 0 Å². The minimum atomic E-state index is -0.779. The molecule has 2 nitrogen and oxygen atoms in total. The Hall–Kier alpha value is -4.21. The number of hydrogen-bond donors (Lipinski definition) is 0. The second-order valence-corrected chi connectivity index (χ2v) is 7.65. The predicted molar refractivity (Wildman–Crippen MR) is 112 cm³/mol. The van der Waals surface area contributed by atoms with Gasteiger partial charge in [-0.2, -0.15) is 10.5 Å². The van der Waals surface area contributed by atoms with Crippen molar-refractivity contribution in [3.05, 3.63) is 118 Å². The fourth-order valence-corrected chi connectivity index (χ4v) is 5.43. The molecule has 0 bridgehead atoms. The lowest BCUT2D eigenvalue weighted by Gasteiger charge is -2.31. The van der Waals surface area contributed by atoms with E-state index in [-0.39, 0.29) is 5.56 Å². The first-order chi connectivity index (χ1) is 14.7. The summed E-state index contributed by atoms with van der Waals surface area (Å²) in [4.78, 5) is 0. The maximum Gasteiger partial charge on any atom is 0.149 e. The molecule has 0 saturated heterocycles. The number of benzene rings is 4. The van der Waals surface area contributed by atoms with E-state index in [4.69, 9.17) is 0 Å². The summed E-state index contributed by atoms with van der Waals surface area (Å²) in [6, 6.07) is 29.6. The van der Waals surface area contributed by atoms with Crippen LogP contribution in [-0.2, 0) is 5.41 Å². The third-order valence-electron chi connectivity index (χ3n) is 6.43. The monoisotopic (exact) mass is 384 g/mol. The summed E-state index contributed by atoms with van der Waals surface area (Å²) in [6.45, 7) is 0. The quantitative estimate of drug-likeness (QED) is 0.327. The molecule has 2 aliphatic carbocycles. The second-order valence-electron chi connectivity index (χ2n) is 7.65. The van der Waals surface area contributed by atoms with Gasteiger partial charge in [-0.05, 0) is 39.4 Å². The van der Waals surface area contributed by atoms with Crippen molar-refractivity contribution in [2.24, 2.45) is 0 Å². The lowest BCUT2D eigenvalue weighted by molar-refractivity contribution is 0.624. The van der Waals surface area contributed by atoms with Gasteiger partial charge in [0.1, 0.15) is 11.9 Å². The molecule has 1 spiro atoms. The van der Waals surface area contributed by atoms with Crippen LogP contribution < -0.4 is 0 Å². The van der Waals surface area contributed by atoms with Gasteiger partial charge < -0.3 is 0 Å². The number of nitriles is 2. The highest BCUT2D eigenvalue weighted by molar-refractivity contribution is 5.96. The van der Waals surface area contributed by atoms with Crippen molar-refractivity contribution in [1.29, 1.82) is 10.5 Å². The number of fused-ring (bicyclic) bond motifs is 10. The predicted octanol–water partition coefficient (Wildman–Crippen LogP) is 5.91. The molecule has 3 heteroatoms. The van der Waals surface area contributed by atoms with Gasteiger partial charge in [-0.15, -0.1) is 0 Å². The molecule has 4 aromatic rings. The highest BCUT2D eigenvalue weighted by atomic mass is 19.1. The standard InChI is InChI=1S/C27H13FN2/c28-26-17(15-30)13-16(14-29)25-24(26)20-9-3-6-12-23(20)27(25)21-10-4-1-7-18(21)19-8-2-5-11-22(19)27/h1-13H. The molecule has 138 valence electrons. The van der Waals surface area contributed by atoms with Gasteiger partial charge >= 0.3 is 0 Å². The molecule has 0 aliphatic heterocycles. The van der Waals surface area contributed by atoms with Crippen LogP contribution in [0.2, 0.25) is 0 Å². The van der Waals surface area contributed by atoms with Crippen molar-refractivity contribution in [3.8, 4) is 34.4 Å². The Labute approximate surface area is 173 Å². The third kappa shape index (κ3) is 1.72. The molecule has 6 rings (SSSR count). The molecule has 0 saturated carbocycles. The van der Waals surface area contributed by atoms with Gasteiger partial charge in [0.2, 0.25) is 0 Å². The molecule has 0 fully saturated rings. The second kappa shape index (κ2) is 5.66. The number of rotatable bonds is 0. The minimum absolute atomic E-state index is 0.100. The first-order valence-corrected chi connectivity index (χ1v) is 9.70. The Morgan fingerprint density at radius 2 is 1.10 bits per heavy atom. The lowest BCUT2D eigenvalue weighted by Crippen LogP contribution is -2.27. The molecule has 0 aromatic heterocycles. The number of nitrogens with zero attached hydrogens (tertiary/aromatic N) is 2. The molecule has 2 aliphatic rings. The third-order valence-corrected chi connectivity index (χ3v) is 6.43. The summed E-state index contributed by atoms with van der Waals surface area (Å²) in [6.07, 6.45) is 0. The van der Waals surface area contributed by atoms with Crippen LogP contribution in [0.4, 0.5) is 4.39 Å². The van der Waals surface area contributed by atoms with E-state index in [2.05, 4.69) is 30.3 Å². The van der Waals surface area contributed by atoms with Gasteiger partial charge in [-0.3, -0.25) is 0 Å². The van der Waals surface area contributed by atoms with Crippen LogP contribution in [0.15, 0.2) is 78.9 Å². The zero-order chi connectivity index (χ0) is 20.5. The minimum Gasteiger partial charge on any atom is -0.205 e. The van der Waals surface area contributed by atoms with E-state index in [0.717, 1.165) is 33.4 Å². The maximum atomic E-state index is 15.6. The van der Waals surface area contributed by atoms with Crippen LogP contribution in [-0.4, -0.2) is 0 Å². The Kier molecular flexibility index (Phi) is 3.15. The maximum absolute atomic E-state index is 15.6. The van der Waals surface area contributed by atoms with Crippen LogP contribution in [0, 0.1) is 28.5 Å². The van der Waals surface area contributed by atoms with Gasteiger partial charge in [0.25, 0.3) is 0 Å². The lowest BCUT2D eigenvalue weighted by atomic mass is 9.69. The molecule has 0 N–H and O–H groups in total. The first kappa shape index (κ1) is 16.7. The Morgan fingerprint density at radius 3 is 1.63 bits per heavy atom. The summed E-state index contributed by atoms with van der Waals surface area (Å²) >= 11 is 0. The van der Waals surface area contributed by atoms with Crippen molar-refractivity contribution < 1.29 is 4.39 Å². The van der Waals surface area contributed by atoms with Gasteiger partial charge in [-0.1, -0.05) is 72.8 Å². The highest BCUT2D eigenvalue weighted by Crippen LogP contribution is 2.63. The highest BCUT2D eigenvalue weighted by Gasteiger charge is 2.53. The molecule has 30 heavy (non-hydrogen) atoms. The van der Waals surface area contributed by atoms with Gasteiger partial charge in [0, 0.05) is 11.1 Å². The first-order valence-electron chi connectivity index (χ1n) is 9.70. The fourth-order valence-electron chi connectivity index (χ4n) is 5.43. The van der Waals surface area contributed by atoms with Crippen LogP contribution in [0.1, 0.15) is 33.4 Å². The Bertz CT molecular complexity index is 1440. The van der Waals surface area contributed by atoms with E-state index in [0.29, 0.717) is 16.7 Å². The molecule has 0 amide bonds. The SMILES string of the molecule is N#Cc1cc(C#N)c2c(c1F)-c1ccccc1C21c2ccccc2-c2ccccc21. The van der Waals surface area contributed by atoms with Crippen LogP contribution >= 0.6 is 0 Å². The summed E-state index contributed by atoms with van der Waals surface area (Å²) in [5.74, 6) is -0.558. The largest absolute Gasteiger partial charge is 0.205 e.